The third-order valence-electron chi connectivity index (χ3n) is 6.41. The molecule has 2 aliphatic rings. The van der Waals surface area contributed by atoms with Gasteiger partial charge in [-0.3, -0.25) is 25.0 Å². The fraction of sp³-hybridized carbons (Fsp3) is 0.588. The number of phenols is 1. The van der Waals surface area contributed by atoms with E-state index in [0.717, 1.165) is 0 Å². The van der Waals surface area contributed by atoms with Crippen LogP contribution in [-0.2, 0) is 16.6 Å². The summed E-state index contributed by atoms with van der Waals surface area (Å²) in [5, 5.41) is 42.9. The van der Waals surface area contributed by atoms with Gasteiger partial charge in [0.05, 0.1) is 15.3 Å². The predicted molar refractivity (Wildman–Crippen MR) is 90.2 cm³/mol. The van der Waals surface area contributed by atoms with Crippen LogP contribution in [0.5, 0.6) is 5.75 Å². The second kappa shape index (κ2) is 5.65. The molecule has 0 aliphatic heterocycles. The van der Waals surface area contributed by atoms with Crippen molar-refractivity contribution in [1.29, 1.82) is 0 Å². The zero-order valence-corrected chi connectivity index (χ0v) is 14.5. The molecule has 140 valence electrons. The fourth-order valence-corrected chi connectivity index (χ4v) is 5.22. The maximum atomic E-state index is 11.9. The van der Waals surface area contributed by atoms with Gasteiger partial charge in [-0.2, -0.15) is 0 Å². The number of carbonyl (C=O) groups is 1. The first kappa shape index (κ1) is 18.1. The Morgan fingerprint density at radius 1 is 1.23 bits per heavy atom. The number of benzene rings is 1. The Bertz CT molecular complexity index is 837. The van der Waals surface area contributed by atoms with Crippen LogP contribution in [0, 0.1) is 31.6 Å². The van der Waals surface area contributed by atoms with Gasteiger partial charge in [0.25, 0.3) is 5.75 Å². The van der Waals surface area contributed by atoms with Gasteiger partial charge in [0.2, 0.25) is 0 Å². The smallest absolute Gasteiger partial charge is 0.322 e. The molecule has 2 N–H and O–H groups in total. The number of nitro groups is 2. The molecule has 9 heteroatoms. The highest BCUT2D eigenvalue weighted by molar-refractivity contribution is 5.76. The van der Waals surface area contributed by atoms with E-state index in [1.54, 1.807) is 13.8 Å². The van der Waals surface area contributed by atoms with Crippen LogP contribution in [-0.4, -0.2) is 26.0 Å². The molecule has 0 spiro atoms. The fourth-order valence-electron chi connectivity index (χ4n) is 5.22. The Morgan fingerprint density at radius 2 is 1.88 bits per heavy atom. The molecular weight excluding hydrogens is 344 g/mol. The average molecular weight is 364 g/mol. The van der Waals surface area contributed by atoms with Crippen LogP contribution >= 0.6 is 0 Å². The normalized spacial score (nSPS) is 30.2. The third kappa shape index (κ3) is 2.26. The molecule has 0 radical (unpaired) electrons. The van der Waals surface area contributed by atoms with Gasteiger partial charge in [-0.15, -0.1) is 0 Å². The van der Waals surface area contributed by atoms with E-state index in [1.807, 2.05) is 0 Å². The summed E-state index contributed by atoms with van der Waals surface area (Å²) in [5.41, 5.74) is -2.50. The molecule has 0 bridgehead atoms. The minimum atomic E-state index is -1.03. The second-order valence-corrected chi connectivity index (χ2v) is 7.73. The van der Waals surface area contributed by atoms with Gasteiger partial charge < -0.3 is 10.2 Å². The van der Waals surface area contributed by atoms with Crippen molar-refractivity contribution < 1.29 is 24.9 Å². The molecule has 3 rings (SSSR count). The van der Waals surface area contributed by atoms with E-state index in [1.165, 1.54) is 6.07 Å². The lowest BCUT2D eigenvalue weighted by molar-refractivity contribution is -0.397. The molecule has 0 amide bonds. The van der Waals surface area contributed by atoms with E-state index in [2.05, 4.69) is 0 Å². The zero-order chi connectivity index (χ0) is 19.4. The minimum Gasteiger partial charge on any atom is -0.497 e. The molecule has 0 heterocycles. The summed E-state index contributed by atoms with van der Waals surface area (Å²) in [6.07, 6.45) is 2.37. The summed E-state index contributed by atoms with van der Waals surface area (Å²) in [4.78, 5) is 33.2. The molecule has 26 heavy (non-hydrogen) atoms. The lowest BCUT2D eigenvalue weighted by atomic mass is 9.49. The van der Waals surface area contributed by atoms with E-state index in [9.17, 15) is 35.2 Å². The number of phenolic OH excluding ortho intramolecular Hbond substituents is 1. The number of hydrogen-bond acceptors (Lipinski definition) is 6. The number of aryl methyl sites for hydroxylation is 1. The number of hydrogen-bond donors (Lipinski definition) is 2. The van der Waals surface area contributed by atoms with Crippen LogP contribution in [0.15, 0.2) is 6.07 Å². The Morgan fingerprint density at radius 3 is 2.42 bits per heavy atom. The summed E-state index contributed by atoms with van der Waals surface area (Å²) in [5.74, 6) is -2.25. The molecule has 3 atom stereocenters. The van der Waals surface area contributed by atoms with E-state index in [4.69, 9.17) is 0 Å². The van der Waals surface area contributed by atoms with Gasteiger partial charge in [-0.25, -0.2) is 0 Å². The van der Waals surface area contributed by atoms with Crippen LogP contribution < -0.4 is 0 Å². The van der Waals surface area contributed by atoms with Crippen molar-refractivity contribution in [3.63, 3.8) is 0 Å². The highest BCUT2D eigenvalue weighted by Crippen LogP contribution is 2.60. The van der Waals surface area contributed by atoms with Gasteiger partial charge in [0.15, 0.2) is 0 Å². The number of fused-ring (bicyclic) bond motifs is 3. The third-order valence-corrected chi connectivity index (χ3v) is 6.41. The molecule has 1 aromatic rings. The van der Waals surface area contributed by atoms with Crippen molar-refractivity contribution in [2.75, 3.05) is 0 Å². The average Bonchev–Trinajstić information content (AvgIpc) is 2.53. The van der Waals surface area contributed by atoms with Crippen molar-refractivity contribution in [3.8, 4) is 5.75 Å². The lowest BCUT2D eigenvalue weighted by Gasteiger charge is -2.53. The largest absolute Gasteiger partial charge is 0.497 e. The number of nitro benzene ring substituents is 2. The van der Waals surface area contributed by atoms with Crippen LogP contribution in [0.4, 0.5) is 11.4 Å². The number of rotatable bonds is 3. The van der Waals surface area contributed by atoms with Crippen molar-refractivity contribution in [2.24, 2.45) is 11.3 Å². The van der Waals surface area contributed by atoms with Crippen molar-refractivity contribution in [1.82, 2.24) is 0 Å². The summed E-state index contributed by atoms with van der Waals surface area (Å²) >= 11 is 0. The summed E-state index contributed by atoms with van der Waals surface area (Å²) in [7, 11) is 0. The molecule has 2 unspecified atom stereocenters. The SMILES string of the molecule is CC12CCC[C@](C)(C(=O)O)C1CCc1cc([N+](=O)[O-])c(O)c([N+](=O)[O-])c12. The molecule has 1 fully saturated rings. The Labute approximate surface area is 148 Å². The monoisotopic (exact) mass is 364 g/mol. The lowest BCUT2D eigenvalue weighted by Crippen LogP contribution is -2.52. The quantitative estimate of drug-likeness (QED) is 0.618. The van der Waals surface area contributed by atoms with E-state index >= 15 is 0 Å². The highest BCUT2D eigenvalue weighted by atomic mass is 16.6. The van der Waals surface area contributed by atoms with Crippen molar-refractivity contribution in [3.05, 3.63) is 37.4 Å². The van der Waals surface area contributed by atoms with E-state index in [0.29, 0.717) is 37.7 Å². The maximum absolute atomic E-state index is 11.9. The standard InChI is InChI=1S/C17H20N2O7/c1-16-6-3-7-17(2,15(21)22)11(16)5-4-9-8-10(18(23)24)14(20)13(12(9)16)19(25)26/h8,11,20H,3-7H2,1-2H3,(H,21,22)/t11?,16?,17-/m0/s1. The van der Waals surface area contributed by atoms with Gasteiger partial charge in [-0.05, 0) is 44.1 Å². The first-order valence-electron chi connectivity index (χ1n) is 8.45. The Hall–Kier alpha value is -2.71. The number of aromatic hydroxyl groups is 1. The molecule has 2 aliphatic carbocycles. The molecule has 0 saturated heterocycles. The van der Waals surface area contributed by atoms with Gasteiger partial charge in [0.1, 0.15) is 0 Å². The second-order valence-electron chi connectivity index (χ2n) is 7.73. The first-order valence-corrected chi connectivity index (χ1v) is 8.45. The Kier molecular flexibility index (Phi) is 3.93. The van der Waals surface area contributed by atoms with Crippen LogP contribution in [0.1, 0.15) is 50.7 Å². The van der Waals surface area contributed by atoms with E-state index < -0.39 is 43.8 Å². The van der Waals surface area contributed by atoms with Crippen LogP contribution in [0.2, 0.25) is 0 Å². The number of nitrogens with zero attached hydrogens (tertiary/aromatic N) is 2. The predicted octanol–water partition coefficient (Wildman–Crippen LogP) is 3.30. The summed E-state index contributed by atoms with van der Waals surface area (Å²) in [6, 6.07) is 1.20. The molecule has 1 aromatic carbocycles. The van der Waals surface area contributed by atoms with Gasteiger partial charge >= 0.3 is 17.3 Å². The number of carboxylic acid groups (broad SMARTS) is 1. The van der Waals surface area contributed by atoms with Gasteiger partial charge in [0, 0.05) is 17.0 Å². The van der Waals surface area contributed by atoms with Crippen LogP contribution in [0.25, 0.3) is 0 Å². The van der Waals surface area contributed by atoms with Gasteiger partial charge in [-0.1, -0.05) is 13.3 Å². The molecule has 0 aromatic heterocycles. The Balaban J connectivity index is 2.31. The first-order chi connectivity index (χ1) is 12.0. The number of aliphatic carboxylic acids is 1. The number of carboxylic acids is 1. The highest BCUT2D eigenvalue weighted by Gasteiger charge is 2.58. The maximum Gasteiger partial charge on any atom is 0.322 e. The molecule has 1 saturated carbocycles. The molecular formula is C17H20N2O7. The summed E-state index contributed by atoms with van der Waals surface area (Å²) in [6.45, 7) is 3.45. The van der Waals surface area contributed by atoms with Crippen molar-refractivity contribution in [2.45, 2.75) is 51.4 Å². The van der Waals surface area contributed by atoms with E-state index in [-0.39, 0.29) is 11.5 Å². The zero-order valence-electron chi connectivity index (χ0n) is 14.5. The molecule has 9 nitrogen and oxygen atoms in total. The van der Waals surface area contributed by atoms with Crippen molar-refractivity contribution >= 4 is 17.3 Å². The minimum absolute atomic E-state index is 0.258. The topological polar surface area (TPSA) is 144 Å². The summed E-state index contributed by atoms with van der Waals surface area (Å²) < 4.78 is 0. The van der Waals surface area contributed by atoms with Crippen LogP contribution in [0.3, 0.4) is 0 Å².